The summed E-state index contributed by atoms with van der Waals surface area (Å²) in [7, 11) is 1.87. The minimum Gasteiger partial charge on any atom is -0.361 e. The van der Waals surface area contributed by atoms with Crippen molar-refractivity contribution in [2.24, 2.45) is 10.4 Å². The average Bonchev–Trinajstić information content (AvgIpc) is 2.93. The van der Waals surface area contributed by atoms with Gasteiger partial charge in [-0.15, -0.1) is 24.0 Å². The number of H-pyrrole nitrogens is 1. The van der Waals surface area contributed by atoms with E-state index in [1.165, 1.54) is 16.5 Å². The molecule has 0 atom stereocenters. The van der Waals surface area contributed by atoms with Gasteiger partial charge in [0.2, 0.25) is 0 Å². The van der Waals surface area contributed by atoms with E-state index in [1.807, 2.05) is 7.05 Å². The topological polar surface area (TPSA) is 43.4 Å². The summed E-state index contributed by atoms with van der Waals surface area (Å²) in [5, 5.41) is 4.84. The van der Waals surface area contributed by atoms with Gasteiger partial charge in [-0.2, -0.15) is 0 Å². The number of benzene rings is 1. The van der Waals surface area contributed by atoms with Crippen molar-refractivity contribution in [1.29, 1.82) is 0 Å². The van der Waals surface area contributed by atoms with Gasteiger partial charge < -0.3 is 15.2 Å². The molecular weight excluding hydrogens is 411 g/mol. The quantitative estimate of drug-likeness (QED) is 0.430. The highest BCUT2D eigenvalue weighted by molar-refractivity contribution is 14.0. The Labute approximate surface area is 162 Å². The van der Waals surface area contributed by atoms with Crippen LogP contribution >= 0.6 is 24.0 Å². The lowest BCUT2D eigenvalue weighted by molar-refractivity contribution is -0.0666. The maximum atomic E-state index is 4.48. The fourth-order valence-electron chi connectivity index (χ4n) is 3.34. The van der Waals surface area contributed by atoms with Gasteiger partial charge in [0.05, 0.1) is 0 Å². The van der Waals surface area contributed by atoms with E-state index in [0.717, 1.165) is 25.5 Å². The molecule has 1 aromatic heterocycles. The van der Waals surface area contributed by atoms with Crippen LogP contribution in [-0.2, 0) is 6.42 Å². The molecule has 0 spiro atoms. The van der Waals surface area contributed by atoms with E-state index >= 15 is 0 Å². The zero-order chi connectivity index (χ0) is 16.7. The highest BCUT2D eigenvalue weighted by Gasteiger charge is 2.53. The number of fused-ring (bicyclic) bond motifs is 1. The molecule has 1 fully saturated rings. The number of aromatic amines is 1. The van der Waals surface area contributed by atoms with Gasteiger partial charge in [-0.05, 0) is 31.9 Å². The molecule has 3 rings (SSSR count). The molecule has 1 aromatic carbocycles. The first-order valence-corrected chi connectivity index (χ1v) is 8.40. The second kappa shape index (κ2) is 6.94. The van der Waals surface area contributed by atoms with Crippen molar-refractivity contribution in [3.05, 3.63) is 36.0 Å². The van der Waals surface area contributed by atoms with E-state index in [0.29, 0.717) is 5.41 Å². The standard InChI is InChI=1S/C19H28N4.HI/c1-18(2)13-23(19(18,3)4)17(20-5)21-11-10-14-12-22-16-9-7-6-8-15(14)16;/h6-9,12,22H,10-11,13H2,1-5H3,(H,20,21);1H. The minimum atomic E-state index is 0. The minimum absolute atomic E-state index is 0. The summed E-state index contributed by atoms with van der Waals surface area (Å²) in [5.41, 5.74) is 3.01. The molecule has 0 saturated carbocycles. The lowest BCUT2D eigenvalue weighted by Crippen LogP contribution is -2.72. The summed E-state index contributed by atoms with van der Waals surface area (Å²) >= 11 is 0. The van der Waals surface area contributed by atoms with E-state index in [9.17, 15) is 0 Å². The van der Waals surface area contributed by atoms with Gasteiger partial charge in [0.25, 0.3) is 0 Å². The van der Waals surface area contributed by atoms with Crippen LogP contribution in [0.1, 0.15) is 33.3 Å². The number of nitrogens with zero attached hydrogens (tertiary/aromatic N) is 2. The van der Waals surface area contributed by atoms with Crippen LogP contribution in [0.5, 0.6) is 0 Å². The zero-order valence-electron chi connectivity index (χ0n) is 15.3. The van der Waals surface area contributed by atoms with Crippen molar-refractivity contribution in [2.45, 2.75) is 39.7 Å². The van der Waals surface area contributed by atoms with Crippen LogP contribution in [0.15, 0.2) is 35.5 Å². The van der Waals surface area contributed by atoms with Crippen LogP contribution < -0.4 is 5.32 Å². The summed E-state index contributed by atoms with van der Waals surface area (Å²) < 4.78 is 0. The Morgan fingerprint density at radius 3 is 2.58 bits per heavy atom. The summed E-state index contributed by atoms with van der Waals surface area (Å²) in [4.78, 5) is 10.2. The molecule has 0 aliphatic carbocycles. The van der Waals surface area contributed by atoms with Crippen molar-refractivity contribution in [3.63, 3.8) is 0 Å². The number of aromatic nitrogens is 1. The summed E-state index contributed by atoms with van der Waals surface area (Å²) in [6, 6.07) is 8.46. The number of hydrogen-bond acceptors (Lipinski definition) is 1. The van der Waals surface area contributed by atoms with Gasteiger partial charge in [0.1, 0.15) is 0 Å². The van der Waals surface area contributed by atoms with Gasteiger partial charge in [0.15, 0.2) is 5.96 Å². The smallest absolute Gasteiger partial charge is 0.194 e. The molecule has 1 saturated heterocycles. The Morgan fingerprint density at radius 2 is 1.96 bits per heavy atom. The molecule has 5 heteroatoms. The molecular formula is C19H29IN4. The van der Waals surface area contributed by atoms with Crippen LogP contribution in [0.2, 0.25) is 0 Å². The van der Waals surface area contributed by atoms with E-state index in [-0.39, 0.29) is 29.5 Å². The number of nitrogens with one attached hydrogen (secondary N) is 2. The number of para-hydroxylation sites is 1. The van der Waals surface area contributed by atoms with Gasteiger partial charge in [-0.25, -0.2) is 0 Å². The van der Waals surface area contributed by atoms with Crippen molar-refractivity contribution >= 4 is 40.8 Å². The largest absolute Gasteiger partial charge is 0.361 e. The van der Waals surface area contributed by atoms with Crippen LogP contribution in [0.25, 0.3) is 10.9 Å². The van der Waals surface area contributed by atoms with E-state index < -0.39 is 0 Å². The Hall–Kier alpha value is -1.24. The van der Waals surface area contributed by atoms with Crippen molar-refractivity contribution in [1.82, 2.24) is 15.2 Å². The first kappa shape index (κ1) is 19.1. The lowest BCUT2D eigenvalue weighted by Gasteiger charge is -2.62. The Balaban J connectivity index is 0.00000208. The molecule has 0 unspecified atom stereocenters. The maximum absolute atomic E-state index is 4.48. The van der Waals surface area contributed by atoms with E-state index in [1.54, 1.807) is 0 Å². The molecule has 132 valence electrons. The zero-order valence-corrected chi connectivity index (χ0v) is 17.6. The molecule has 1 aliphatic heterocycles. The third-order valence-corrected chi connectivity index (χ3v) is 5.70. The summed E-state index contributed by atoms with van der Waals surface area (Å²) in [6.45, 7) is 11.2. The highest BCUT2D eigenvalue weighted by Crippen LogP contribution is 2.46. The number of aliphatic imine (C=N–C) groups is 1. The Morgan fingerprint density at radius 1 is 1.25 bits per heavy atom. The molecule has 0 radical (unpaired) electrons. The maximum Gasteiger partial charge on any atom is 0.194 e. The predicted molar refractivity (Wildman–Crippen MR) is 113 cm³/mol. The normalized spacial score (nSPS) is 18.9. The molecule has 2 N–H and O–H groups in total. The number of hydrogen-bond donors (Lipinski definition) is 2. The van der Waals surface area contributed by atoms with Gasteiger partial charge in [-0.3, -0.25) is 4.99 Å². The van der Waals surface area contributed by atoms with E-state index in [2.05, 4.69) is 78.4 Å². The molecule has 1 aliphatic rings. The number of guanidine groups is 1. The second-order valence-corrected chi connectivity index (χ2v) is 7.61. The van der Waals surface area contributed by atoms with Crippen molar-refractivity contribution in [2.75, 3.05) is 20.1 Å². The van der Waals surface area contributed by atoms with Crippen molar-refractivity contribution in [3.8, 4) is 0 Å². The summed E-state index contributed by atoms with van der Waals surface area (Å²) in [6.07, 6.45) is 3.10. The number of rotatable bonds is 3. The summed E-state index contributed by atoms with van der Waals surface area (Å²) in [5.74, 6) is 1.01. The molecule has 0 bridgehead atoms. The molecule has 2 heterocycles. The van der Waals surface area contributed by atoms with Crippen LogP contribution in [0.4, 0.5) is 0 Å². The Bertz CT molecular complexity index is 730. The molecule has 24 heavy (non-hydrogen) atoms. The van der Waals surface area contributed by atoms with Gasteiger partial charge >= 0.3 is 0 Å². The van der Waals surface area contributed by atoms with E-state index in [4.69, 9.17) is 0 Å². The third kappa shape index (κ3) is 3.15. The third-order valence-electron chi connectivity index (χ3n) is 5.70. The molecule has 4 nitrogen and oxygen atoms in total. The lowest BCUT2D eigenvalue weighted by atomic mass is 9.65. The Kier molecular flexibility index (Phi) is 5.52. The predicted octanol–water partition coefficient (Wildman–Crippen LogP) is 4.02. The molecule has 0 amide bonds. The monoisotopic (exact) mass is 440 g/mol. The van der Waals surface area contributed by atoms with Crippen molar-refractivity contribution < 1.29 is 0 Å². The fourth-order valence-corrected chi connectivity index (χ4v) is 3.34. The first-order chi connectivity index (χ1) is 10.9. The SMILES string of the molecule is CN=C(NCCc1c[nH]c2ccccc12)N1CC(C)(C)C1(C)C.I. The van der Waals surface area contributed by atoms with Crippen LogP contribution in [0, 0.1) is 5.41 Å². The number of likely N-dealkylation sites (tertiary alicyclic amines) is 1. The van der Waals surface area contributed by atoms with Gasteiger partial charge in [-0.1, -0.05) is 32.0 Å². The molecule has 2 aromatic rings. The fraction of sp³-hybridized carbons (Fsp3) is 0.526. The second-order valence-electron chi connectivity index (χ2n) is 7.61. The average molecular weight is 440 g/mol. The van der Waals surface area contributed by atoms with Crippen LogP contribution in [0.3, 0.4) is 0 Å². The number of halogens is 1. The highest BCUT2D eigenvalue weighted by atomic mass is 127. The first-order valence-electron chi connectivity index (χ1n) is 8.40. The van der Waals surface area contributed by atoms with Gasteiger partial charge in [0, 0.05) is 48.2 Å². The van der Waals surface area contributed by atoms with Crippen LogP contribution in [-0.4, -0.2) is 41.5 Å².